The Kier molecular flexibility index (Phi) is 5.02. The van der Waals surface area contributed by atoms with Crippen LogP contribution < -0.4 is 4.74 Å². The summed E-state index contributed by atoms with van der Waals surface area (Å²) in [5, 5.41) is 8.95. The number of aliphatic hydroxyl groups excluding tert-OH is 1. The molecule has 0 aromatic heterocycles. The van der Waals surface area contributed by atoms with Gasteiger partial charge in [-0.05, 0) is 43.0 Å². The SMILES string of the molecule is CC1CCCN(CCOc2ccc(CO)cc2)C1. The molecule has 0 amide bonds. The molecule has 1 aliphatic heterocycles. The summed E-state index contributed by atoms with van der Waals surface area (Å²) in [5.41, 5.74) is 0.923. The Labute approximate surface area is 109 Å². The lowest BCUT2D eigenvalue weighted by Crippen LogP contribution is -2.37. The fourth-order valence-electron chi connectivity index (χ4n) is 2.47. The van der Waals surface area contributed by atoms with Crippen molar-refractivity contribution < 1.29 is 9.84 Å². The molecule has 1 N–H and O–H groups in total. The Hall–Kier alpha value is -1.06. The van der Waals surface area contributed by atoms with Crippen molar-refractivity contribution in [3.8, 4) is 5.75 Å². The summed E-state index contributed by atoms with van der Waals surface area (Å²) in [6.07, 6.45) is 2.67. The van der Waals surface area contributed by atoms with Crippen molar-refractivity contribution in [3.05, 3.63) is 29.8 Å². The van der Waals surface area contributed by atoms with Crippen LogP contribution in [0.1, 0.15) is 25.3 Å². The van der Waals surface area contributed by atoms with E-state index >= 15 is 0 Å². The average molecular weight is 249 g/mol. The molecule has 1 heterocycles. The fraction of sp³-hybridized carbons (Fsp3) is 0.600. The van der Waals surface area contributed by atoms with Gasteiger partial charge in [-0.3, -0.25) is 4.90 Å². The first-order valence-electron chi connectivity index (χ1n) is 6.83. The zero-order chi connectivity index (χ0) is 12.8. The van der Waals surface area contributed by atoms with Gasteiger partial charge in [-0.15, -0.1) is 0 Å². The van der Waals surface area contributed by atoms with Gasteiger partial charge in [-0.1, -0.05) is 19.1 Å². The monoisotopic (exact) mass is 249 g/mol. The van der Waals surface area contributed by atoms with Crippen molar-refractivity contribution in [3.63, 3.8) is 0 Å². The zero-order valence-electron chi connectivity index (χ0n) is 11.1. The number of benzene rings is 1. The lowest BCUT2D eigenvalue weighted by molar-refractivity contribution is 0.153. The molecule has 0 bridgehead atoms. The van der Waals surface area contributed by atoms with E-state index in [0.29, 0.717) is 0 Å². The second-order valence-corrected chi connectivity index (χ2v) is 5.20. The number of likely N-dealkylation sites (tertiary alicyclic amines) is 1. The zero-order valence-corrected chi connectivity index (χ0v) is 11.1. The van der Waals surface area contributed by atoms with Gasteiger partial charge in [0, 0.05) is 13.1 Å². The highest BCUT2D eigenvalue weighted by Gasteiger charge is 2.15. The molecule has 0 saturated carbocycles. The molecular weight excluding hydrogens is 226 g/mol. The van der Waals surface area contributed by atoms with Crippen molar-refractivity contribution >= 4 is 0 Å². The van der Waals surface area contributed by atoms with E-state index in [1.54, 1.807) is 0 Å². The molecule has 1 saturated heterocycles. The summed E-state index contributed by atoms with van der Waals surface area (Å²) in [5.74, 6) is 1.71. The van der Waals surface area contributed by atoms with Gasteiger partial charge in [0.1, 0.15) is 12.4 Å². The second kappa shape index (κ2) is 6.76. The molecule has 100 valence electrons. The summed E-state index contributed by atoms with van der Waals surface area (Å²) in [4.78, 5) is 2.48. The molecule has 1 aliphatic rings. The summed E-state index contributed by atoms with van der Waals surface area (Å²) in [6.45, 7) is 6.56. The minimum absolute atomic E-state index is 0.0892. The first kappa shape index (κ1) is 13.4. The molecule has 0 radical (unpaired) electrons. The molecule has 0 aliphatic carbocycles. The number of aliphatic hydroxyl groups is 1. The number of rotatable bonds is 5. The average Bonchev–Trinajstić information content (AvgIpc) is 2.40. The maximum absolute atomic E-state index is 8.95. The minimum atomic E-state index is 0.0892. The minimum Gasteiger partial charge on any atom is -0.492 e. The van der Waals surface area contributed by atoms with Crippen molar-refractivity contribution in [2.45, 2.75) is 26.4 Å². The van der Waals surface area contributed by atoms with Crippen LogP contribution in [0.2, 0.25) is 0 Å². The Morgan fingerprint density at radius 2 is 2.11 bits per heavy atom. The van der Waals surface area contributed by atoms with Crippen molar-refractivity contribution in [1.29, 1.82) is 0 Å². The van der Waals surface area contributed by atoms with Crippen LogP contribution in [0.5, 0.6) is 5.75 Å². The molecule has 1 aromatic carbocycles. The highest BCUT2D eigenvalue weighted by molar-refractivity contribution is 5.26. The lowest BCUT2D eigenvalue weighted by atomic mass is 10.0. The van der Waals surface area contributed by atoms with Crippen LogP contribution in [0.15, 0.2) is 24.3 Å². The third-order valence-corrected chi connectivity index (χ3v) is 3.52. The van der Waals surface area contributed by atoms with E-state index in [9.17, 15) is 0 Å². The van der Waals surface area contributed by atoms with Gasteiger partial charge in [0.25, 0.3) is 0 Å². The molecule has 1 unspecified atom stereocenters. The van der Waals surface area contributed by atoms with E-state index in [-0.39, 0.29) is 6.61 Å². The van der Waals surface area contributed by atoms with Gasteiger partial charge in [-0.2, -0.15) is 0 Å². The molecule has 3 heteroatoms. The predicted molar refractivity (Wildman–Crippen MR) is 72.7 cm³/mol. The molecule has 3 nitrogen and oxygen atoms in total. The van der Waals surface area contributed by atoms with Crippen molar-refractivity contribution in [2.24, 2.45) is 5.92 Å². The highest BCUT2D eigenvalue weighted by atomic mass is 16.5. The van der Waals surface area contributed by atoms with Crippen LogP contribution in [0.25, 0.3) is 0 Å². The highest BCUT2D eigenvalue weighted by Crippen LogP contribution is 2.16. The van der Waals surface area contributed by atoms with Crippen LogP contribution in [-0.4, -0.2) is 36.2 Å². The molecule has 0 spiro atoms. The summed E-state index contributed by atoms with van der Waals surface area (Å²) >= 11 is 0. The molecule has 1 fully saturated rings. The summed E-state index contributed by atoms with van der Waals surface area (Å²) in [6, 6.07) is 7.64. The van der Waals surface area contributed by atoms with E-state index in [1.165, 1.54) is 25.9 Å². The predicted octanol–water partition coefficient (Wildman–Crippen LogP) is 2.29. The molecule has 1 atom stereocenters. The van der Waals surface area contributed by atoms with E-state index in [4.69, 9.17) is 9.84 Å². The fourth-order valence-corrected chi connectivity index (χ4v) is 2.47. The van der Waals surface area contributed by atoms with E-state index in [1.807, 2.05) is 24.3 Å². The largest absolute Gasteiger partial charge is 0.492 e. The molecule has 2 rings (SSSR count). The Morgan fingerprint density at radius 3 is 2.78 bits per heavy atom. The number of hydrogen-bond donors (Lipinski definition) is 1. The molecule has 1 aromatic rings. The number of nitrogens with zero attached hydrogens (tertiary/aromatic N) is 1. The summed E-state index contributed by atoms with van der Waals surface area (Å²) < 4.78 is 5.72. The van der Waals surface area contributed by atoms with Crippen LogP contribution in [0.4, 0.5) is 0 Å². The number of ether oxygens (including phenoxy) is 1. The van der Waals surface area contributed by atoms with Gasteiger partial charge in [0.05, 0.1) is 6.61 Å². The normalized spacial score (nSPS) is 20.9. The Balaban J connectivity index is 1.70. The smallest absolute Gasteiger partial charge is 0.119 e. The van der Waals surface area contributed by atoms with E-state index in [2.05, 4.69) is 11.8 Å². The topological polar surface area (TPSA) is 32.7 Å². The molecule has 18 heavy (non-hydrogen) atoms. The third kappa shape index (κ3) is 4.00. The van der Waals surface area contributed by atoms with Gasteiger partial charge in [0.2, 0.25) is 0 Å². The lowest BCUT2D eigenvalue weighted by Gasteiger charge is -2.30. The summed E-state index contributed by atoms with van der Waals surface area (Å²) in [7, 11) is 0. The second-order valence-electron chi connectivity index (χ2n) is 5.20. The maximum Gasteiger partial charge on any atom is 0.119 e. The standard InChI is InChI=1S/C15H23NO2/c1-13-3-2-8-16(11-13)9-10-18-15-6-4-14(12-17)5-7-15/h4-7,13,17H,2-3,8-12H2,1H3. The van der Waals surface area contributed by atoms with Gasteiger partial charge < -0.3 is 9.84 Å². The molecular formula is C15H23NO2. The number of hydrogen-bond acceptors (Lipinski definition) is 3. The van der Waals surface area contributed by atoms with Crippen molar-refractivity contribution in [1.82, 2.24) is 4.90 Å². The van der Waals surface area contributed by atoms with Gasteiger partial charge in [0.15, 0.2) is 0 Å². The Morgan fingerprint density at radius 1 is 1.33 bits per heavy atom. The maximum atomic E-state index is 8.95. The number of piperidine rings is 1. The Bertz CT molecular complexity index is 350. The van der Waals surface area contributed by atoms with Crippen LogP contribution in [-0.2, 0) is 6.61 Å². The third-order valence-electron chi connectivity index (χ3n) is 3.52. The van der Waals surface area contributed by atoms with Crippen molar-refractivity contribution in [2.75, 3.05) is 26.2 Å². The van der Waals surface area contributed by atoms with Crippen LogP contribution >= 0.6 is 0 Å². The van der Waals surface area contributed by atoms with Gasteiger partial charge in [-0.25, -0.2) is 0 Å². The van der Waals surface area contributed by atoms with E-state index in [0.717, 1.165) is 30.4 Å². The van der Waals surface area contributed by atoms with Gasteiger partial charge >= 0.3 is 0 Å². The first-order valence-corrected chi connectivity index (χ1v) is 6.83. The van der Waals surface area contributed by atoms with Crippen LogP contribution in [0, 0.1) is 5.92 Å². The van der Waals surface area contributed by atoms with E-state index < -0.39 is 0 Å². The first-order chi connectivity index (χ1) is 8.78. The van der Waals surface area contributed by atoms with Crippen LogP contribution in [0.3, 0.4) is 0 Å². The quantitative estimate of drug-likeness (QED) is 0.869.